The number of halogens is 1. The van der Waals surface area contributed by atoms with E-state index in [1.807, 2.05) is 24.7 Å². The van der Waals surface area contributed by atoms with E-state index in [1.54, 1.807) is 21.8 Å². The SMILES string of the molecule is CCn1ncc(Cn2cc(NC(=O)c3c(Cl)cnn3CC)cn2)c1C. The lowest BCUT2D eigenvalue weighted by molar-refractivity contribution is 0.101. The van der Waals surface area contributed by atoms with Gasteiger partial charge in [0.05, 0.1) is 35.8 Å². The standard InChI is InChI=1S/C16H20ClN7O/c1-4-23-11(3)12(6-19-23)9-22-10-13(7-18-22)21-16(25)15-14(17)8-20-24(15)5-2/h6-8,10H,4-5,9H2,1-3H3,(H,21,25). The summed E-state index contributed by atoms with van der Waals surface area (Å²) in [5, 5.41) is 15.8. The molecule has 0 saturated heterocycles. The van der Waals surface area contributed by atoms with Crippen molar-refractivity contribution in [3.8, 4) is 0 Å². The van der Waals surface area contributed by atoms with Gasteiger partial charge in [0.25, 0.3) is 5.91 Å². The van der Waals surface area contributed by atoms with E-state index in [9.17, 15) is 4.79 Å². The summed E-state index contributed by atoms with van der Waals surface area (Å²) < 4.78 is 5.26. The minimum absolute atomic E-state index is 0.307. The summed E-state index contributed by atoms with van der Waals surface area (Å²) in [6, 6.07) is 0. The summed E-state index contributed by atoms with van der Waals surface area (Å²) in [7, 11) is 0. The van der Waals surface area contributed by atoms with E-state index in [4.69, 9.17) is 11.6 Å². The maximum atomic E-state index is 12.4. The first-order valence-electron chi connectivity index (χ1n) is 8.09. The molecule has 3 aromatic rings. The third kappa shape index (κ3) is 3.43. The van der Waals surface area contributed by atoms with Crippen molar-refractivity contribution < 1.29 is 4.79 Å². The fourth-order valence-electron chi connectivity index (χ4n) is 2.67. The molecule has 0 aliphatic rings. The van der Waals surface area contributed by atoms with Crippen LogP contribution in [0.25, 0.3) is 0 Å². The summed E-state index contributed by atoms with van der Waals surface area (Å²) in [5.41, 5.74) is 3.15. The lowest BCUT2D eigenvalue weighted by atomic mass is 10.2. The number of nitrogens with one attached hydrogen (secondary N) is 1. The molecule has 25 heavy (non-hydrogen) atoms. The van der Waals surface area contributed by atoms with Gasteiger partial charge in [0, 0.05) is 30.5 Å². The van der Waals surface area contributed by atoms with Crippen molar-refractivity contribution in [2.24, 2.45) is 0 Å². The van der Waals surface area contributed by atoms with E-state index in [2.05, 4.69) is 27.5 Å². The molecule has 1 amide bonds. The molecule has 3 heterocycles. The number of amides is 1. The Labute approximate surface area is 150 Å². The molecule has 3 rings (SSSR count). The van der Waals surface area contributed by atoms with Gasteiger partial charge in [-0.05, 0) is 20.8 Å². The molecule has 0 fully saturated rings. The molecule has 0 saturated carbocycles. The number of aromatic nitrogens is 6. The summed E-state index contributed by atoms with van der Waals surface area (Å²) in [6.45, 7) is 7.98. The molecule has 0 spiro atoms. The second-order valence-corrected chi connectivity index (χ2v) is 6.02. The molecule has 0 atom stereocenters. The van der Waals surface area contributed by atoms with Gasteiger partial charge in [-0.25, -0.2) is 0 Å². The Morgan fingerprint density at radius 3 is 2.52 bits per heavy atom. The zero-order valence-corrected chi connectivity index (χ0v) is 15.2. The molecule has 3 aromatic heterocycles. The summed E-state index contributed by atoms with van der Waals surface area (Å²) in [5.74, 6) is -0.307. The van der Waals surface area contributed by atoms with Crippen molar-refractivity contribution in [3.63, 3.8) is 0 Å². The smallest absolute Gasteiger partial charge is 0.275 e. The predicted molar refractivity (Wildman–Crippen MR) is 94.8 cm³/mol. The number of carbonyl (C=O) groups is 1. The van der Waals surface area contributed by atoms with Gasteiger partial charge in [0.2, 0.25) is 0 Å². The number of carbonyl (C=O) groups excluding carboxylic acids is 1. The number of aryl methyl sites for hydroxylation is 2. The fraction of sp³-hybridized carbons (Fsp3) is 0.375. The zero-order valence-electron chi connectivity index (χ0n) is 14.4. The third-order valence-electron chi connectivity index (χ3n) is 4.04. The first-order valence-corrected chi connectivity index (χ1v) is 8.47. The van der Waals surface area contributed by atoms with Gasteiger partial charge in [0.15, 0.2) is 0 Å². The van der Waals surface area contributed by atoms with E-state index in [-0.39, 0.29) is 5.91 Å². The number of anilines is 1. The van der Waals surface area contributed by atoms with Gasteiger partial charge in [-0.15, -0.1) is 0 Å². The van der Waals surface area contributed by atoms with Crippen molar-refractivity contribution in [1.29, 1.82) is 0 Å². The first kappa shape index (κ1) is 17.2. The number of rotatable bonds is 6. The number of hydrogen-bond donors (Lipinski definition) is 1. The molecule has 1 N–H and O–H groups in total. The van der Waals surface area contributed by atoms with Gasteiger partial charge >= 0.3 is 0 Å². The highest BCUT2D eigenvalue weighted by atomic mass is 35.5. The number of hydrogen-bond acceptors (Lipinski definition) is 4. The molecular formula is C16H20ClN7O. The molecule has 9 heteroatoms. The van der Waals surface area contributed by atoms with E-state index in [0.717, 1.165) is 17.8 Å². The van der Waals surface area contributed by atoms with Crippen LogP contribution >= 0.6 is 11.6 Å². The molecule has 0 unspecified atom stereocenters. The van der Waals surface area contributed by atoms with Crippen LogP contribution in [-0.2, 0) is 19.6 Å². The normalized spacial score (nSPS) is 11.0. The van der Waals surface area contributed by atoms with Gasteiger partial charge in [0.1, 0.15) is 5.69 Å². The van der Waals surface area contributed by atoms with Crippen molar-refractivity contribution >= 4 is 23.2 Å². The summed E-state index contributed by atoms with van der Waals surface area (Å²) >= 11 is 6.06. The van der Waals surface area contributed by atoms with E-state index in [0.29, 0.717) is 29.5 Å². The summed E-state index contributed by atoms with van der Waals surface area (Å²) in [4.78, 5) is 12.4. The van der Waals surface area contributed by atoms with Crippen molar-refractivity contribution in [3.05, 3.63) is 46.8 Å². The topological polar surface area (TPSA) is 82.6 Å². The van der Waals surface area contributed by atoms with Crippen LogP contribution in [0.5, 0.6) is 0 Å². The summed E-state index contributed by atoms with van der Waals surface area (Å²) in [6.07, 6.45) is 6.70. The second-order valence-electron chi connectivity index (χ2n) is 5.61. The molecule has 8 nitrogen and oxygen atoms in total. The van der Waals surface area contributed by atoms with Gasteiger partial charge in [-0.3, -0.25) is 18.8 Å². The zero-order chi connectivity index (χ0) is 18.0. The minimum atomic E-state index is -0.307. The van der Waals surface area contributed by atoms with Crippen LogP contribution in [0, 0.1) is 6.92 Å². The van der Waals surface area contributed by atoms with E-state index >= 15 is 0 Å². The first-order chi connectivity index (χ1) is 12.0. The Morgan fingerprint density at radius 1 is 1.12 bits per heavy atom. The molecule has 0 bridgehead atoms. The Morgan fingerprint density at radius 2 is 1.84 bits per heavy atom. The molecule has 132 valence electrons. The molecule has 0 aliphatic carbocycles. The maximum Gasteiger partial charge on any atom is 0.275 e. The van der Waals surface area contributed by atoms with Gasteiger partial charge in [-0.1, -0.05) is 11.6 Å². The van der Waals surface area contributed by atoms with Crippen molar-refractivity contribution in [2.45, 2.75) is 40.4 Å². The fourth-order valence-corrected chi connectivity index (χ4v) is 2.89. The molecular weight excluding hydrogens is 342 g/mol. The van der Waals surface area contributed by atoms with Crippen LogP contribution in [-0.4, -0.2) is 35.2 Å². The Balaban J connectivity index is 1.72. The van der Waals surface area contributed by atoms with E-state index in [1.165, 1.54) is 6.20 Å². The monoisotopic (exact) mass is 361 g/mol. The van der Waals surface area contributed by atoms with E-state index < -0.39 is 0 Å². The molecule has 0 aliphatic heterocycles. The van der Waals surface area contributed by atoms with Crippen LogP contribution < -0.4 is 5.32 Å². The van der Waals surface area contributed by atoms with Gasteiger partial charge < -0.3 is 5.32 Å². The van der Waals surface area contributed by atoms with Crippen molar-refractivity contribution in [2.75, 3.05) is 5.32 Å². The average Bonchev–Trinajstić information content (AvgIpc) is 3.28. The lowest BCUT2D eigenvalue weighted by Crippen LogP contribution is -2.17. The van der Waals surface area contributed by atoms with Crippen LogP contribution in [0.2, 0.25) is 5.02 Å². The van der Waals surface area contributed by atoms with Crippen LogP contribution in [0.4, 0.5) is 5.69 Å². The minimum Gasteiger partial charge on any atom is -0.318 e. The second kappa shape index (κ2) is 7.10. The lowest BCUT2D eigenvalue weighted by Gasteiger charge is -2.05. The highest BCUT2D eigenvalue weighted by Crippen LogP contribution is 2.17. The Bertz CT molecular complexity index is 892. The third-order valence-corrected chi connectivity index (χ3v) is 4.31. The quantitative estimate of drug-likeness (QED) is 0.731. The molecule has 0 radical (unpaired) electrons. The maximum absolute atomic E-state index is 12.4. The largest absolute Gasteiger partial charge is 0.318 e. The average molecular weight is 362 g/mol. The van der Waals surface area contributed by atoms with Gasteiger partial charge in [-0.2, -0.15) is 15.3 Å². The van der Waals surface area contributed by atoms with Crippen molar-refractivity contribution in [1.82, 2.24) is 29.3 Å². The number of nitrogens with zero attached hydrogens (tertiary/aromatic N) is 6. The predicted octanol–water partition coefficient (Wildman–Crippen LogP) is 2.58. The van der Waals surface area contributed by atoms with Crippen LogP contribution in [0.3, 0.4) is 0 Å². The highest BCUT2D eigenvalue weighted by molar-refractivity contribution is 6.34. The highest BCUT2D eigenvalue weighted by Gasteiger charge is 2.17. The Kier molecular flexibility index (Phi) is 4.89. The Hall–Kier alpha value is -2.61. The van der Waals surface area contributed by atoms with Crippen LogP contribution in [0.1, 0.15) is 35.6 Å². The van der Waals surface area contributed by atoms with Crippen LogP contribution in [0.15, 0.2) is 24.8 Å². The molecule has 0 aromatic carbocycles.